The molecule has 0 atom stereocenters. The van der Waals surface area contributed by atoms with E-state index in [1.165, 1.54) is 11.8 Å². The van der Waals surface area contributed by atoms with E-state index in [0.29, 0.717) is 35.1 Å². The number of anilines is 1. The van der Waals surface area contributed by atoms with Crippen molar-refractivity contribution in [3.63, 3.8) is 0 Å². The molecule has 4 rings (SSSR count). The third-order valence-corrected chi connectivity index (χ3v) is 5.65. The second kappa shape index (κ2) is 9.26. The second-order valence-corrected chi connectivity index (χ2v) is 7.86. The molecule has 2 aromatic carbocycles. The van der Waals surface area contributed by atoms with Crippen LogP contribution in [-0.2, 0) is 11.3 Å². The average Bonchev–Trinajstić information content (AvgIpc) is 3.15. The molecule has 0 saturated carbocycles. The predicted molar refractivity (Wildman–Crippen MR) is 123 cm³/mol. The molecule has 31 heavy (non-hydrogen) atoms. The maximum Gasteiger partial charge on any atom is 0.297 e. The van der Waals surface area contributed by atoms with Crippen LogP contribution < -0.4 is 15.6 Å². The predicted octanol–water partition coefficient (Wildman–Crippen LogP) is 4.68. The molecule has 8 heteroatoms. The van der Waals surface area contributed by atoms with Crippen molar-refractivity contribution in [3.8, 4) is 5.75 Å². The first kappa shape index (κ1) is 21.0. The quantitative estimate of drug-likeness (QED) is 0.318. The van der Waals surface area contributed by atoms with Gasteiger partial charge in [0, 0.05) is 17.6 Å². The number of benzene rings is 2. The van der Waals surface area contributed by atoms with Crippen LogP contribution >= 0.6 is 11.8 Å². The van der Waals surface area contributed by atoms with Crippen LogP contribution in [0.25, 0.3) is 22.1 Å². The normalized spacial score (nSPS) is 11.2. The minimum atomic E-state index is -0.225. The Labute approximate surface area is 183 Å². The van der Waals surface area contributed by atoms with Crippen molar-refractivity contribution in [2.24, 2.45) is 0 Å². The maximum atomic E-state index is 13.0. The fourth-order valence-corrected chi connectivity index (χ4v) is 4.13. The zero-order chi connectivity index (χ0) is 21.8. The number of thioether (sulfide) groups is 1. The minimum Gasteiger partial charge on any atom is -0.494 e. The molecule has 7 nitrogen and oxygen atoms in total. The molecule has 0 aliphatic rings. The number of nitrogens with one attached hydrogen (secondary N) is 1. The van der Waals surface area contributed by atoms with Crippen molar-refractivity contribution < 1.29 is 13.9 Å². The van der Waals surface area contributed by atoms with E-state index in [2.05, 4.69) is 10.3 Å². The topological polar surface area (TPSA) is 86.4 Å². The summed E-state index contributed by atoms with van der Waals surface area (Å²) in [6.45, 7) is 5.00. The van der Waals surface area contributed by atoms with E-state index in [-0.39, 0.29) is 22.8 Å². The van der Waals surface area contributed by atoms with Gasteiger partial charge in [0.05, 0.1) is 12.4 Å². The van der Waals surface area contributed by atoms with Gasteiger partial charge < -0.3 is 14.5 Å². The fraction of sp³-hybridized carbons (Fsp3) is 0.261. The van der Waals surface area contributed by atoms with Crippen LogP contribution in [-0.4, -0.2) is 27.8 Å². The van der Waals surface area contributed by atoms with Gasteiger partial charge >= 0.3 is 0 Å². The Balaban J connectivity index is 1.56. The van der Waals surface area contributed by atoms with Gasteiger partial charge in [-0.05, 0) is 49.7 Å². The Bertz CT molecular complexity index is 1280. The van der Waals surface area contributed by atoms with Gasteiger partial charge in [0.25, 0.3) is 5.56 Å². The Morgan fingerprint density at radius 2 is 1.94 bits per heavy atom. The van der Waals surface area contributed by atoms with E-state index in [9.17, 15) is 9.59 Å². The summed E-state index contributed by atoms with van der Waals surface area (Å²) >= 11 is 1.24. The first-order chi connectivity index (χ1) is 15.1. The van der Waals surface area contributed by atoms with Gasteiger partial charge in [-0.1, -0.05) is 30.8 Å². The molecule has 1 N–H and O–H groups in total. The lowest BCUT2D eigenvalue weighted by atomic mass is 10.2. The van der Waals surface area contributed by atoms with E-state index in [4.69, 9.17) is 9.15 Å². The molecule has 0 unspecified atom stereocenters. The Morgan fingerprint density at radius 1 is 1.16 bits per heavy atom. The number of hydrogen-bond donors (Lipinski definition) is 1. The van der Waals surface area contributed by atoms with Crippen molar-refractivity contribution in [3.05, 3.63) is 58.9 Å². The van der Waals surface area contributed by atoms with Crippen molar-refractivity contribution in [1.29, 1.82) is 0 Å². The van der Waals surface area contributed by atoms with E-state index in [1.807, 2.05) is 50.2 Å². The SMILES string of the molecule is CCCn1c(SCC(=O)Nc2ccc(OCC)cc2)nc2c(oc3ccccc32)c1=O. The first-order valence-electron chi connectivity index (χ1n) is 10.2. The molecule has 4 aromatic rings. The van der Waals surface area contributed by atoms with Gasteiger partial charge in [-0.15, -0.1) is 0 Å². The van der Waals surface area contributed by atoms with Crippen LogP contribution in [0.4, 0.5) is 5.69 Å². The number of aromatic nitrogens is 2. The highest BCUT2D eigenvalue weighted by molar-refractivity contribution is 7.99. The molecular weight excluding hydrogens is 414 g/mol. The lowest BCUT2D eigenvalue weighted by Gasteiger charge is -2.11. The van der Waals surface area contributed by atoms with E-state index < -0.39 is 0 Å². The highest BCUT2D eigenvalue weighted by Gasteiger charge is 2.18. The van der Waals surface area contributed by atoms with Gasteiger partial charge in [0.15, 0.2) is 5.16 Å². The number of amides is 1. The lowest BCUT2D eigenvalue weighted by Crippen LogP contribution is -2.23. The Kier molecular flexibility index (Phi) is 6.27. The smallest absolute Gasteiger partial charge is 0.297 e. The van der Waals surface area contributed by atoms with Crippen LogP contribution in [0.2, 0.25) is 0 Å². The minimum absolute atomic E-state index is 0.130. The summed E-state index contributed by atoms with van der Waals surface area (Å²) < 4.78 is 12.8. The summed E-state index contributed by atoms with van der Waals surface area (Å²) in [6.07, 6.45) is 0.763. The van der Waals surface area contributed by atoms with Crippen molar-refractivity contribution in [2.75, 3.05) is 17.7 Å². The molecule has 2 heterocycles. The standard InChI is InChI=1S/C23H23N3O4S/c1-3-13-26-22(28)21-20(17-7-5-6-8-18(17)30-21)25-23(26)31-14-19(27)24-15-9-11-16(12-10-15)29-4-2/h5-12H,3-4,13-14H2,1-2H3,(H,24,27). The summed E-state index contributed by atoms with van der Waals surface area (Å²) in [4.78, 5) is 30.2. The molecule has 0 saturated heterocycles. The first-order valence-corrected chi connectivity index (χ1v) is 11.2. The molecule has 0 fully saturated rings. The number of para-hydroxylation sites is 1. The highest BCUT2D eigenvalue weighted by atomic mass is 32.2. The van der Waals surface area contributed by atoms with Gasteiger partial charge in [0.1, 0.15) is 16.8 Å². The van der Waals surface area contributed by atoms with Crippen LogP contribution in [0.1, 0.15) is 20.3 Å². The molecule has 2 aromatic heterocycles. The maximum absolute atomic E-state index is 13.0. The lowest BCUT2D eigenvalue weighted by molar-refractivity contribution is -0.113. The van der Waals surface area contributed by atoms with Crippen LogP contribution in [0.5, 0.6) is 5.75 Å². The van der Waals surface area contributed by atoms with E-state index in [1.54, 1.807) is 16.7 Å². The van der Waals surface area contributed by atoms with Crippen LogP contribution in [0.15, 0.2) is 62.9 Å². The summed E-state index contributed by atoms with van der Waals surface area (Å²) in [7, 11) is 0. The van der Waals surface area contributed by atoms with Crippen molar-refractivity contribution in [1.82, 2.24) is 9.55 Å². The van der Waals surface area contributed by atoms with Gasteiger partial charge in [0.2, 0.25) is 11.5 Å². The largest absolute Gasteiger partial charge is 0.494 e. The number of ether oxygens (including phenoxy) is 1. The molecule has 1 amide bonds. The number of nitrogens with zero attached hydrogens (tertiary/aromatic N) is 2. The van der Waals surface area contributed by atoms with Crippen molar-refractivity contribution >= 4 is 45.4 Å². The fourth-order valence-electron chi connectivity index (χ4n) is 3.31. The molecular formula is C23H23N3O4S. The van der Waals surface area contributed by atoms with E-state index in [0.717, 1.165) is 17.6 Å². The summed E-state index contributed by atoms with van der Waals surface area (Å²) in [6, 6.07) is 14.6. The molecule has 0 radical (unpaired) electrons. The Morgan fingerprint density at radius 3 is 2.68 bits per heavy atom. The number of carbonyl (C=O) groups is 1. The highest BCUT2D eigenvalue weighted by Crippen LogP contribution is 2.27. The molecule has 0 aliphatic carbocycles. The zero-order valence-electron chi connectivity index (χ0n) is 17.4. The third-order valence-electron chi connectivity index (χ3n) is 4.68. The second-order valence-electron chi connectivity index (χ2n) is 6.92. The van der Waals surface area contributed by atoms with Crippen LogP contribution in [0.3, 0.4) is 0 Å². The Hall–Kier alpha value is -3.26. The van der Waals surface area contributed by atoms with E-state index >= 15 is 0 Å². The van der Waals surface area contributed by atoms with Gasteiger partial charge in [-0.3, -0.25) is 14.2 Å². The number of hydrogen-bond acceptors (Lipinski definition) is 6. The number of furan rings is 1. The number of carbonyl (C=O) groups excluding carboxylic acids is 1. The van der Waals surface area contributed by atoms with Gasteiger partial charge in [-0.25, -0.2) is 4.98 Å². The molecule has 0 bridgehead atoms. The average molecular weight is 438 g/mol. The molecule has 0 spiro atoms. The summed E-state index contributed by atoms with van der Waals surface area (Å²) in [5, 5.41) is 4.16. The summed E-state index contributed by atoms with van der Waals surface area (Å²) in [5.41, 5.74) is 1.86. The van der Waals surface area contributed by atoms with Gasteiger partial charge in [-0.2, -0.15) is 0 Å². The van der Waals surface area contributed by atoms with Crippen molar-refractivity contribution in [2.45, 2.75) is 32.0 Å². The molecule has 160 valence electrons. The van der Waals surface area contributed by atoms with Crippen LogP contribution in [0, 0.1) is 0 Å². The number of fused-ring (bicyclic) bond motifs is 3. The third kappa shape index (κ3) is 4.44. The zero-order valence-corrected chi connectivity index (χ0v) is 18.2. The number of rotatable bonds is 8. The molecule has 0 aliphatic heterocycles. The summed E-state index contributed by atoms with van der Waals surface area (Å²) in [5.74, 6) is 0.705. The monoisotopic (exact) mass is 437 g/mol.